The Labute approximate surface area is 66.1 Å². The standard InChI is InChI=1S/C8H12N2O/c1-2-7(5-11)8-3-4-9-6-10-8/h3-4,6-7,11H,2,5H2,1H3. The van der Waals surface area contributed by atoms with Crippen molar-refractivity contribution < 1.29 is 5.11 Å². The molecule has 1 heterocycles. The normalized spacial score (nSPS) is 12.9. The first-order chi connectivity index (χ1) is 5.38. The second-order valence-electron chi connectivity index (χ2n) is 2.42. The van der Waals surface area contributed by atoms with Crippen molar-refractivity contribution in [2.75, 3.05) is 6.61 Å². The van der Waals surface area contributed by atoms with E-state index in [-0.39, 0.29) is 12.5 Å². The first-order valence-electron chi connectivity index (χ1n) is 3.75. The fourth-order valence-electron chi connectivity index (χ4n) is 0.974. The summed E-state index contributed by atoms with van der Waals surface area (Å²) in [4.78, 5) is 7.85. The van der Waals surface area contributed by atoms with Crippen LogP contribution in [0.2, 0.25) is 0 Å². The third kappa shape index (κ3) is 1.98. The molecule has 0 aromatic carbocycles. The molecule has 0 aliphatic heterocycles. The molecule has 0 aliphatic rings. The molecule has 1 atom stereocenters. The minimum Gasteiger partial charge on any atom is -0.396 e. The van der Waals surface area contributed by atoms with Crippen molar-refractivity contribution in [1.82, 2.24) is 9.97 Å². The van der Waals surface area contributed by atoms with E-state index >= 15 is 0 Å². The lowest BCUT2D eigenvalue weighted by Crippen LogP contribution is -2.04. The molecule has 1 aromatic heterocycles. The van der Waals surface area contributed by atoms with Crippen LogP contribution in [0.3, 0.4) is 0 Å². The van der Waals surface area contributed by atoms with E-state index in [1.807, 2.05) is 13.0 Å². The third-order valence-corrected chi connectivity index (χ3v) is 1.74. The van der Waals surface area contributed by atoms with Gasteiger partial charge in [0.15, 0.2) is 0 Å². The maximum absolute atomic E-state index is 8.92. The van der Waals surface area contributed by atoms with Gasteiger partial charge in [-0.05, 0) is 12.5 Å². The van der Waals surface area contributed by atoms with E-state index in [1.54, 1.807) is 6.20 Å². The van der Waals surface area contributed by atoms with Crippen LogP contribution in [0.1, 0.15) is 25.0 Å². The van der Waals surface area contributed by atoms with Crippen LogP contribution in [0, 0.1) is 0 Å². The van der Waals surface area contributed by atoms with Crippen molar-refractivity contribution in [1.29, 1.82) is 0 Å². The van der Waals surface area contributed by atoms with E-state index in [9.17, 15) is 0 Å². The van der Waals surface area contributed by atoms with Gasteiger partial charge in [0.25, 0.3) is 0 Å². The zero-order valence-electron chi connectivity index (χ0n) is 6.57. The smallest absolute Gasteiger partial charge is 0.115 e. The molecule has 0 spiro atoms. The lowest BCUT2D eigenvalue weighted by molar-refractivity contribution is 0.260. The van der Waals surface area contributed by atoms with Crippen LogP contribution in [0.25, 0.3) is 0 Å². The van der Waals surface area contributed by atoms with Crippen LogP contribution in [0.15, 0.2) is 18.6 Å². The molecule has 1 aromatic rings. The van der Waals surface area contributed by atoms with Gasteiger partial charge in [0.05, 0.1) is 6.61 Å². The van der Waals surface area contributed by atoms with Gasteiger partial charge in [-0.1, -0.05) is 6.92 Å². The summed E-state index contributed by atoms with van der Waals surface area (Å²) in [7, 11) is 0. The van der Waals surface area contributed by atoms with Crippen LogP contribution in [0.4, 0.5) is 0 Å². The summed E-state index contributed by atoms with van der Waals surface area (Å²) in [5.74, 6) is 0.165. The Kier molecular flexibility index (Phi) is 2.98. The van der Waals surface area contributed by atoms with Gasteiger partial charge in [0.1, 0.15) is 6.33 Å². The van der Waals surface area contributed by atoms with Gasteiger partial charge in [-0.25, -0.2) is 9.97 Å². The Hall–Kier alpha value is -0.960. The molecule has 0 fully saturated rings. The molecule has 0 radical (unpaired) electrons. The van der Waals surface area contributed by atoms with Crippen molar-refractivity contribution in [2.45, 2.75) is 19.3 Å². The second kappa shape index (κ2) is 4.03. The van der Waals surface area contributed by atoms with Gasteiger partial charge >= 0.3 is 0 Å². The fraction of sp³-hybridized carbons (Fsp3) is 0.500. The zero-order valence-corrected chi connectivity index (χ0v) is 6.57. The highest BCUT2D eigenvalue weighted by Crippen LogP contribution is 2.14. The van der Waals surface area contributed by atoms with Gasteiger partial charge in [0.2, 0.25) is 0 Å². The summed E-state index contributed by atoms with van der Waals surface area (Å²) in [6.07, 6.45) is 4.11. The lowest BCUT2D eigenvalue weighted by atomic mass is 10.0. The zero-order chi connectivity index (χ0) is 8.10. The molecule has 3 heteroatoms. The number of aliphatic hydroxyl groups is 1. The van der Waals surface area contributed by atoms with Crippen molar-refractivity contribution in [3.63, 3.8) is 0 Å². The number of nitrogens with zero attached hydrogens (tertiary/aromatic N) is 2. The molecule has 0 amide bonds. The fourth-order valence-corrected chi connectivity index (χ4v) is 0.974. The molecule has 0 saturated heterocycles. The van der Waals surface area contributed by atoms with Crippen LogP contribution in [-0.2, 0) is 0 Å². The molecule has 11 heavy (non-hydrogen) atoms. The summed E-state index contributed by atoms with van der Waals surface area (Å²) in [6, 6.07) is 1.84. The summed E-state index contributed by atoms with van der Waals surface area (Å²) in [5.41, 5.74) is 0.921. The first-order valence-corrected chi connectivity index (χ1v) is 3.75. The van der Waals surface area contributed by atoms with Crippen LogP contribution < -0.4 is 0 Å². The number of aliphatic hydroxyl groups excluding tert-OH is 1. The maximum atomic E-state index is 8.92. The molecule has 1 unspecified atom stereocenters. The minimum absolute atomic E-state index is 0.160. The predicted molar refractivity (Wildman–Crippen MR) is 42.1 cm³/mol. The summed E-state index contributed by atoms with van der Waals surface area (Å²) in [5, 5.41) is 8.92. The molecule has 0 saturated carbocycles. The molecular weight excluding hydrogens is 140 g/mol. The second-order valence-corrected chi connectivity index (χ2v) is 2.42. The number of hydrogen-bond donors (Lipinski definition) is 1. The van der Waals surface area contributed by atoms with Crippen molar-refractivity contribution in [3.05, 3.63) is 24.3 Å². The number of rotatable bonds is 3. The highest BCUT2D eigenvalue weighted by molar-refractivity contribution is 5.04. The third-order valence-electron chi connectivity index (χ3n) is 1.74. The van der Waals surface area contributed by atoms with Crippen LogP contribution >= 0.6 is 0 Å². The molecule has 0 bridgehead atoms. The van der Waals surface area contributed by atoms with E-state index in [0.717, 1.165) is 12.1 Å². The van der Waals surface area contributed by atoms with E-state index in [2.05, 4.69) is 9.97 Å². The van der Waals surface area contributed by atoms with Gasteiger partial charge in [-0.15, -0.1) is 0 Å². The Morgan fingerprint density at radius 1 is 1.64 bits per heavy atom. The Morgan fingerprint density at radius 2 is 2.45 bits per heavy atom. The van der Waals surface area contributed by atoms with E-state index in [1.165, 1.54) is 6.33 Å². The van der Waals surface area contributed by atoms with E-state index in [4.69, 9.17) is 5.11 Å². The lowest BCUT2D eigenvalue weighted by Gasteiger charge is -2.08. The SMILES string of the molecule is CCC(CO)c1ccncn1. The van der Waals surface area contributed by atoms with E-state index < -0.39 is 0 Å². The maximum Gasteiger partial charge on any atom is 0.115 e. The molecule has 1 N–H and O–H groups in total. The minimum atomic E-state index is 0.160. The Bertz CT molecular complexity index is 197. The highest BCUT2D eigenvalue weighted by Gasteiger charge is 2.07. The summed E-state index contributed by atoms with van der Waals surface area (Å²) in [6.45, 7) is 2.19. The molecule has 0 aliphatic carbocycles. The average molecular weight is 152 g/mol. The Morgan fingerprint density at radius 3 is 2.91 bits per heavy atom. The summed E-state index contributed by atoms with van der Waals surface area (Å²) >= 11 is 0. The highest BCUT2D eigenvalue weighted by atomic mass is 16.3. The van der Waals surface area contributed by atoms with Gasteiger partial charge in [-0.2, -0.15) is 0 Å². The largest absolute Gasteiger partial charge is 0.396 e. The van der Waals surface area contributed by atoms with Gasteiger partial charge in [0, 0.05) is 17.8 Å². The molecule has 1 rings (SSSR count). The Balaban J connectivity index is 2.74. The van der Waals surface area contributed by atoms with Gasteiger partial charge < -0.3 is 5.11 Å². The van der Waals surface area contributed by atoms with Crippen molar-refractivity contribution in [3.8, 4) is 0 Å². The van der Waals surface area contributed by atoms with Crippen molar-refractivity contribution >= 4 is 0 Å². The molecular formula is C8H12N2O. The predicted octanol–water partition coefficient (Wildman–Crippen LogP) is 0.962. The summed E-state index contributed by atoms with van der Waals surface area (Å²) < 4.78 is 0. The molecule has 3 nitrogen and oxygen atoms in total. The van der Waals surface area contributed by atoms with Crippen LogP contribution in [-0.4, -0.2) is 21.7 Å². The topological polar surface area (TPSA) is 46.0 Å². The molecule has 60 valence electrons. The number of aromatic nitrogens is 2. The van der Waals surface area contributed by atoms with Crippen LogP contribution in [0.5, 0.6) is 0 Å². The average Bonchev–Trinajstić information content (AvgIpc) is 2.09. The monoisotopic (exact) mass is 152 g/mol. The van der Waals surface area contributed by atoms with E-state index in [0.29, 0.717) is 0 Å². The van der Waals surface area contributed by atoms with Crippen molar-refractivity contribution in [2.24, 2.45) is 0 Å². The number of hydrogen-bond acceptors (Lipinski definition) is 3. The first kappa shape index (κ1) is 8.14. The quantitative estimate of drug-likeness (QED) is 0.701. The van der Waals surface area contributed by atoms with Gasteiger partial charge in [-0.3, -0.25) is 0 Å².